The molecule has 2 aliphatic rings. The lowest BCUT2D eigenvalue weighted by molar-refractivity contribution is -0.137. The normalized spacial score (nSPS) is 18.7. The molecule has 8 nitrogen and oxygen atoms in total. The molecule has 1 aromatic heterocycles. The number of rotatable bonds is 4. The van der Waals surface area contributed by atoms with Crippen molar-refractivity contribution in [1.82, 2.24) is 9.78 Å². The van der Waals surface area contributed by atoms with Crippen molar-refractivity contribution >= 4 is 29.2 Å². The molecule has 4 rings (SSSR count). The predicted molar refractivity (Wildman–Crippen MR) is 103 cm³/mol. The number of carboxylic acids is 1. The Kier molecular flexibility index (Phi) is 4.41. The van der Waals surface area contributed by atoms with Gasteiger partial charge in [-0.2, -0.15) is 5.10 Å². The molecular weight excluding hydrogens is 360 g/mol. The molecule has 1 aliphatic heterocycles. The van der Waals surface area contributed by atoms with Crippen molar-refractivity contribution in [3.8, 4) is 11.1 Å². The highest BCUT2D eigenvalue weighted by Gasteiger charge is 2.39. The van der Waals surface area contributed by atoms with Gasteiger partial charge in [-0.15, -0.1) is 0 Å². The summed E-state index contributed by atoms with van der Waals surface area (Å²) in [6.07, 6.45) is 5.09. The SMILES string of the molecule is CC(=O)N1c2ccc(-c3cnn(CC(=O)O)c3)cc2N(C(=O)C2CC2)C[C@@H]1C. The van der Waals surface area contributed by atoms with Gasteiger partial charge < -0.3 is 14.9 Å². The third kappa shape index (κ3) is 3.26. The van der Waals surface area contributed by atoms with Crippen LogP contribution in [0.5, 0.6) is 0 Å². The van der Waals surface area contributed by atoms with Gasteiger partial charge in [0.1, 0.15) is 6.54 Å². The zero-order valence-electron chi connectivity index (χ0n) is 15.8. The molecule has 1 fully saturated rings. The topological polar surface area (TPSA) is 95.7 Å². The van der Waals surface area contributed by atoms with Crippen molar-refractivity contribution in [3.63, 3.8) is 0 Å². The van der Waals surface area contributed by atoms with Crippen LogP contribution in [0.15, 0.2) is 30.6 Å². The third-order valence-corrected chi connectivity index (χ3v) is 5.21. The van der Waals surface area contributed by atoms with Gasteiger partial charge in [0.25, 0.3) is 0 Å². The Balaban J connectivity index is 1.75. The van der Waals surface area contributed by atoms with Gasteiger partial charge in [-0.25, -0.2) is 0 Å². The maximum atomic E-state index is 12.9. The van der Waals surface area contributed by atoms with E-state index in [1.807, 2.05) is 25.1 Å². The van der Waals surface area contributed by atoms with Crippen molar-refractivity contribution in [2.45, 2.75) is 39.3 Å². The predicted octanol–water partition coefficient (Wildman–Crippen LogP) is 2.13. The van der Waals surface area contributed by atoms with Crippen LogP contribution < -0.4 is 9.80 Å². The van der Waals surface area contributed by atoms with Gasteiger partial charge in [0, 0.05) is 31.1 Å². The molecule has 146 valence electrons. The van der Waals surface area contributed by atoms with Gasteiger partial charge in [-0.3, -0.25) is 19.1 Å². The van der Waals surface area contributed by atoms with E-state index in [0.29, 0.717) is 12.2 Å². The maximum absolute atomic E-state index is 12.9. The van der Waals surface area contributed by atoms with E-state index in [1.165, 1.54) is 11.6 Å². The van der Waals surface area contributed by atoms with Crippen LogP contribution in [0.1, 0.15) is 26.7 Å². The molecule has 2 aromatic rings. The molecule has 1 atom stereocenters. The van der Waals surface area contributed by atoms with Crippen LogP contribution in [0.25, 0.3) is 11.1 Å². The molecule has 1 saturated carbocycles. The molecular formula is C20H22N4O4. The van der Waals surface area contributed by atoms with Crippen LogP contribution in [-0.4, -0.2) is 45.3 Å². The number of fused-ring (bicyclic) bond motifs is 1. The quantitative estimate of drug-likeness (QED) is 0.874. The van der Waals surface area contributed by atoms with E-state index in [9.17, 15) is 14.4 Å². The Morgan fingerprint density at radius 2 is 1.93 bits per heavy atom. The minimum Gasteiger partial charge on any atom is -0.480 e. The number of nitrogens with zero attached hydrogens (tertiary/aromatic N) is 4. The number of carboxylic acid groups (broad SMARTS) is 1. The summed E-state index contributed by atoms with van der Waals surface area (Å²) in [5.41, 5.74) is 3.02. The Hall–Kier alpha value is -3.16. The summed E-state index contributed by atoms with van der Waals surface area (Å²) in [6.45, 7) is 3.72. The molecule has 2 amide bonds. The minimum absolute atomic E-state index is 0.0608. The van der Waals surface area contributed by atoms with Gasteiger partial charge in [-0.1, -0.05) is 6.07 Å². The maximum Gasteiger partial charge on any atom is 0.325 e. The Morgan fingerprint density at radius 1 is 1.18 bits per heavy atom. The first kappa shape index (κ1) is 18.2. The molecule has 1 N–H and O–H groups in total. The van der Waals surface area contributed by atoms with Crippen molar-refractivity contribution in [2.24, 2.45) is 5.92 Å². The van der Waals surface area contributed by atoms with Gasteiger partial charge >= 0.3 is 5.97 Å². The highest BCUT2D eigenvalue weighted by atomic mass is 16.4. The van der Waals surface area contributed by atoms with Crippen molar-refractivity contribution < 1.29 is 19.5 Å². The zero-order valence-corrected chi connectivity index (χ0v) is 15.8. The average molecular weight is 382 g/mol. The number of hydrogen-bond donors (Lipinski definition) is 1. The lowest BCUT2D eigenvalue weighted by Crippen LogP contribution is -2.51. The van der Waals surface area contributed by atoms with Gasteiger partial charge in [0.15, 0.2) is 0 Å². The summed E-state index contributed by atoms with van der Waals surface area (Å²) < 4.78 is 1.36. The van der Waals surface area contributed by atoms with Crippen LogP contribution in [0, 0.1) is 5.92 Å². The van der Waals surface area contributed by atoms with Crippen LogP contribution in [0.3, 0.4) is 0 Å². The summed E-state index contributed by atoms with van der Waals surface area (Å²) in [5.74, 6) is -0.845. The fraction of sp³-hybridized carbons (Fsp3) is 0.400. The van der Waals surface area contributed by atoms with Crippen LogP contribution in [0.2, 0.25) is 0 Å². The minimum atomic E-state index is -0.965. The molecule has 8 heteroatoms. The lowest BCUT2D eigenvalue weighted by atomic mass is 10.0. The Labute approximate surface area is 162 Å². The molecule has 0 unspecified atom stereocenters. The number of carbonyl (C=O) groups is 3. The number of benzene rings is 1. The van der Waals surface area contributed by atoms with E-state index in [4.69, 9.17) is 5.11 Å². The number of aliphatic carboxylic acids is 1. The lowest BCUT2D eigenvalue weighted by Gasteiger charge is -2.41. The van der Waals surface area contributed by atoms with Crippen LogP contribution in [0.4, 0.5) is 11.4 Å². The van der Waals surface area contributed by atoms with E-state index < -0.39 is 5.97 Å². The monoisotopic (exact) mass is 382 g/mol. The number of hydrogen-bond acceptors (Lipinski definition) is 4. The van der Waals surface area contributed by atoms with E-state index in [1.54, 1.807) is 22.2 Å². The van der Waals surface area contributed by atoms with E-state index in [-0.39, 0.29) is 30.3 Å². The third-order valence-electron chi connectivity index (χ3n) is 5.21. The zero-order chi connectivity index (χ0) is 20.0. The molecule has 2 heterocycles. The summed E-state index contributed by atoms with van der Waals surface area (Å²) >= 11 is 0. The fourth-order valence-corrected chi connectivity index (χ4v) is 3.78. The molecule has 0 radical (unpaired) electrons. The second-order valence-electron chi connectivity index (χ2n) is 7.48. The number of carbonyl (C=O) groups excluding carboxylic acids is 2. The summed E-state index contributed by atoms with van der Waals surface area (Å²) in [6, 6.07) is 5.51. The first-order chi connectivity index (χ1) is 13.3. The molecule has 28 heavy (non-hydrogen) atoms. The smallest absolute Gasteiger partial charge is 0.325 e. The van der Waals surface area contributed by atoms with E-state index in [2.05, 4.69) is 5.10 Å². The van der Waals surface area contributed by atoms with Crippen LogP contribution >= 0.6 is 0 Å². The summed E-state index contributed by atoms with van der Waals surface area (Å²) in [4.78, 5) is 39.5. The summed E-state index contributed by atoms with van der Waals surface area (Å²) in [7, 11) is 0. The van der Waals surface area contributed by atoms with Crippen molar-refractivity contribution in [1.29, 1.82) is 0 Å². The van der Waals surface area contributed by atoms with Crippen LogP contribution in [-0.2, 0) is 20.9 Å². The summed E-state index contributed by atoms with van der Waals surface area (Å²) in [5, 5.41) is 13.0. The van der Waals surface area contributed by atoms with E-state index in [0.717, 1.165) is 29.7 Å². The second kappa shape index (κ2) is 6.78. The Morgan fingerprint density at radius 3 is 2.57 bits per heavy atom. The van der Waals surface area contributed by atoms with E-state index >= 15 is 0 Å². The van der Waals surface area contributed by atoms with Crippen molar-refractivity contribution in [3.05, 3.63) is 30.6 Å². The molecule has 0 saturated heterocycles. The second-order valence-corrected chi connectivity index (χ2v) is 7.48. The number of aromatic nitrogens is 2. The van der Waals surface area contributed by atoms with Gasteiger partial charge in [0.05, 0.1) is 23.6 Å². The number of amides is 2. The molecule has 0 spiro atoms. The molecule has 0 bridgehead atoms. The average Bonchev–Trinajstić information content (AvgIpc) is 3.39. The van der Waals surface area contributed by atoms with Crippen molar-refractivity contribution in [2.75, 3.05) is 16.3 Å². The molecule has 1 aromatic carbocycles. The van der Waals surface area contributed by atoms with Gasteiger partial charge in [-0.05, 0) is 37.5 Å². The fourth-order valence-electron chi connectivity index (χ4n) is 3.78. The highest BCUT2D eigenvalue weighted by molar-refractivity contribution is 6.06. The standard InChI is InChI=1S/C20H22N4O4/c1-12-9-23(20(28)14-3-4-14)18-7-15(5-6-17(18)24(12)13(2)25)16-8-21-22(10-16)11-19(26)27/h5-8,10,12,14H,3-4,9,11H2,1-2H3,(H,26,27)/t12-/m0/s1. The largest absolute Gasteiger partial charge is 0.480 e. The molecule has 1 aliphatic carbocycles. The Bertz CT molecular complexity index is 963. The first-order valence-corrected chi connectivity index (χ1v) is 9.35. The van der Waals surface area contributed by atoms with Gasteiger partial charge in [0.2, 0.25) is 11.8 Å². The highest BCUT2D eigenvalue weighted by Crippen LogP contribution is 2.41. The number of anilines is 2. The first-order valence-electron chi connectivity index (χ1n) is 9.35.